The van der Waals surface area contributed by atoms with Crippen molar-refractivity contribution < 1.29 is 0 Å². The van der Waals surface area contributed by atoms with Gasteiger partial charge < -0.3 is 0 Å². The van der Waals surface area contributed by atoms with Gasteiger partial charge in [0.2, 0.25) is 0 Å². The summed E-state index contributed by atoms with van der Waals surface area (Å²) in [7, 11) is 0. The van der Waals surface area contributed by atoms with E-state index in [4.69, 9.17) is 28.5 Å². The summed E-state index contributed by atoms with van der Waals surface area (Å²) in [5.74, 6) is 0. The summed E-state index contributed by atoms with van der Waals surface area (Å²) in [5.41, 5.74) is 1.20. The molecule has 0 saturated carbocycles. The third-order valence-electron chi connectivity index (χ3n) is 1.32. The van der Waals surface area contributed by atoms with Crippen LogP contribution in [-0.4, -0.2) is 0 Å². The number of rotatable bonds is 1. The van der Waals surface area contributed by atoms with Crippen molar-refractivity contribution >= 4 is 39.1 Å². The van der Waals surface area contributed by atoms with Crippen LogP contribution in [0.25, 0.3) is 0 Å². The smallest absolute Gasteiger partial charge is 0.192 e. The number of benzene rings is 1. The van der Waals surface area contributed by atoms with E-state index in [0.29, 0.717) is 11.1 Å². The van der Waals surface area contributed by atoms with Gasteiger partial charge >= 0.3 is 0 Å². The summed E-state index contributed by atoms with van der Waals surface area (Å²) in [6.07, 6.45) is 0. The first-order valence-corrected chi connectivity index (χ1v) is 4.66. The van der Waals surface area contributed by atoms with Gasteiger partial charge in [0.05, 0.1) is 11.6 Å². The van der Waals surface area contributed by atoms with E-state index < -0.39 is 3.24 Å². The van der Waals surface area contributed by atoms with Crippen LogP contribution in [0.4, 0.5) is 0 Å². The van der Waals surface area contributed by atoms with E-state index in [1.807, 2.05) is 6.07 Å². The van der Waals surface area contributed by atoms with Crippen LogP contribution in [-0.2, 0) is 3.24 Å². The second kappa shape index (κ2) is 3.66. The van der Waals surface area contributed by atoms with Crippen LogP contribution in [0, 0.1) is 11.3 Å². The first-order chi connectivity index (χ1) is 5.54. The van der Waals surface area contributed by atoms with Crippen molar-refractivity contribution in [2.45, 2.75) is 3.24 Å². The van der Waals surface area contributed by atoms with E-state index in [9.17, 15) is 0 Å². The Hall–Kier alpha value is -0.230. The summed E-state index contributed by atoms with van der Waals surface area (Å²) < 4.78 is -1.11. The zero-order chi connectivity index (χ0) is 9.19. The fraction of sp³-hybridized carbons (Fsp3) is 0.125. The molecule has 0 aliphatic carbocycles. The topological polar surface area (TPSA) is 23.8 Å². The molecule has 0 amide bonds. The van der Waals surface area contributed by atoms with Crippen LogP contribution in [0.2, 0.25) is 0 Å². The van der Waals surface area contributed by atoms with Crippen LogP contribution in [0.5, 0.6) is 0 Å². The van der Waals surface area contributed by atoms with Crippen molar-refractivity contribution in [3.8, 4) is 6.07 Å². The molecular weight excluding hydrogens is 261 g/mol. The highest BCUT2D eigenvalue weighted by Crippen LogP contribution is 2.40. The molecule has 1 aromatic rings. The normalized spacial score (nSPS) is 10.8. The van der Waals surface area contributed by atoms with Crippen LogP contribution < -0.4 is 0 Å². The molecule has 0 N–H and O–H groups in total. The lowest BCUT2D eigenvalue weighted by Crippen LogP contribution is -1.98. The standard InChI is InChI=1S/C8H4BrCl2N/c9-8(10,11)7-3-1-2-6(4-7)5-12/h1-4H. The van der Waals surface area contributed by atoms with Crippen molar-refractivity contribution in [1.29, 1.82) is 5.26 Å². The van der Waals surface area contributed by atoms with Gasteiger partial charge in [-0.1, -0.05) is 35.3 Å². The monoisotopic (exact) mass is 263 g/mol. The number of nitriles is 1. The second-order valence-corrected chi connectivity index (χ2v) is 5.62. The van der Waals surface area contributed by atoms with E-state index in [1.165, 1.54) is 0 Å². The predicted molar refractivity (Wildman–Crippen MR) is 53.5 cm³/mol. The maximum Gasteiger partial charge on any atom is 0.197 e. The third kappa shape index (κ3) is 2.38. The minimum atomic E-state index is -1.11. The molecule has 12 heavy (non-hydrogen) atoms. The lowest BCUT2D eigenvalue weighted by Gasteiger charge is -2.10. The molecule has 0 aliphatic heterocycles. The first-order valence-electron chi connectivity index (χ1n) is 3.11. The highest BCUT2D eigenvalue weighted by Gasteiger charge is 2.21. The number of hydrogen-bond acceptors (Lipinski definition) is 1. The Morgan fingerprint density at radius 3 is 2.58 bits per heavy atom. The minimum absolute atomic E-state index is 0.539. The van der Waals surface area contributed by atoms with Gasteiger partial charge in [-0.15, -0.1) is 0 Å². The molecule has 0 spiro atoms. The van der Waals surface area contributed by atoms with E-state index in [-0.39, 0.29) is 0 Å². The fourth-order valence-corrected chi connectivity index (χ4v) is 1.25. The highest BCUT2D eigenvalue weighted by molar-refractivity contribution is 9.10. The molecule has 0 saturated heterocycles. The molecule has 0 bridgehead atoms. The summed E-state index contributed by atoms with van der Waals surface area (Å²) in [5, 5.41) is 8.58. The molecule has 0 atom stereocenters. The van der Waals surface area contributed by atoms with Gasteiger partial charge in [0.15, 0.2) is 3.24 Å². The van der Waals surface area contributed by atoms with E-state index in [0.717, 1.165) is 0 Å². The summed E-state index contributed by atoms with van der Waals surface area (Å²) in [6, 6.07) is 8.80. The van der Waals surface area contributed by atoms with Crippen LogP contribution >= 0.6 is 39.1 Å². The Kier molecular flexibility index (Phi) is 3.00. The van der Waals surface area contributed by atoms with Crippen molar-refractivity contribution in [3.05, 3.63) is 35.4 Å². The van der Waals surface area contributed by atoms with Crippen LogP contribution in [0.15, 0.2) is 24.3 Å². The van der Waals surface area contributed by atoms with E-state index >= 15 is 0 Å². The second-order valence-electron chi connectivity index (χ2n) is 2.19. The van der Waals surface area contributed by atoms with Gasteiger partial charge in [0.1, 0.15) is 0 Å². The molecule has 1 nitrogen and oxygen atoms in total. The highest BCUT2D eigenvalue weighted by atomic mass is 79.9. The quantitative estimate of drug-likeness (QED) is 0.712. The Morgan fingerprint density at radius 2 is 2.08 bits per heavy atom. The Bertz CT molecular complexity index is 325. The summed E-state index contributed by atoms with van der Waals surface area (Å²) >= 11 is 14.6. The maximum atomic E-state index is 8.58. The zero-order valence-corrected chi connectivity index (χ0v) is 8.99. The Morgan fingerprint density at radius 1 is 1.42 bits per heavy atom. The van der Waals surface area contributed by atoms with Gasteiger partial charge in [-0.25, -0.2) is 0 Å². The molecule has 0 fully saturated rings. The molecule has 62 valence electrons. The summed E-state index contributed by atoms with van der Waals surface area (Å²) in [6.45, 7) is 0. The fourth-order valence-electron chi connectivity index (χ4n) is 0.765. The SMILES string of the molecule is N#Cc1cccc(C(Cl)(Cl)Br)c1. The van der Waals surface area contributed by atoms with Gasteiger partial charge in [0, 0.05) is 0 Å². The average molecular weight is 265 g/mol. The molecular formula is C8H4BrCl2N. The lowest BCUT2D eigenvalue weighted by atomic mass is 10.2. The molecule has 0 heterocycles. The number of nitrogens with zero attached hydrogens (tertiary/aromatic N) is 1. The van der Waals surface area contributed by atoms with Crippen molar-refractivity contribution in [2.75, 3.05) is 0 Å². The van der Waals surface area contributed by atoms with Crippen molar-refractivity contribution in [2.24, 2.45) is 0 Å². The molecule has 0 unspecified atom stereocenters. The largest absolute Gasteiger partial charge is 0.197 e. The molecule has 4 heteroatoms. The summed E-state index contributed by atoms with van der Waals surface area (Å²) in [4.78, 5) is 0. The van der Waals surface area contributed by atoms with Crippen LogP contribution in [0.1, 0.15) is 11.1 Å². The van der Waals surface area contributed by atoms with Crippen molar-refractivity contribution in [1.82, 2.24) is 0 Å². The molecule has 1 aromatic carbocycles. The average Bonchev–Trinajstić information content (AvgIpc) is 2.03. The number of alkyl halides is 3. The first kappa shape index (κ1) is 9.85. The Labute approximate surface area is 89.0 Å². The zero-order valence-electron chi connectivity index (χ0n) is 5.89. The number of halogens is 3. The Balaban J connectivity index is 3.13. The predicted octanol–water partition coefficient (Wildman–Crippen LogP) is 3.54. The lowest BCUT2D eigenvalue weighted by molar-refractivity contribution is 1.28. The number of hydrogen-bond donors (Lipinski definition) is 0. The van der Waals surface area contributed by atoms with Gasteiger partial charge in [0.25, 0.3) is 0 Å². The van der Waals surface area contributed by atoms with E-state index in [2.05, 4.69) is 15.9 Å². The van der Waals surface area contributed by atoms with E-state index in [1.54, 1.807) is 24.3 Å². The molecule has 0 radical (unpaired) electrons. The van der Waals surface area contributed by atoms with Gasteiger partial charge in [-0.3, -0.25) is 0 Å². The third-order valence-corrected chi connectivity index (χ3v) is 2.21. The van der Waals surface area contributed by atoms with Gasteiger partial charge in [-0.05, 0) is 33.6 Å². The molecule has 0 aromatic heterocycles. The van der Waals surface area contributed by atoms with Crippen molar-refractivity contribution in [3.63, 3.8) is 0 Å². The maximum absolute atomic E-state index is 8.58. The van der Waals surface area contributed by atoms with Crippen LogP contribution in [0.3, 0.4) is 0 Å². The van der Waals surface area contributed by atoms with Gasteiger partial charge in [-0.2, -0.15) is 5.26 Å². The molecule has 0 aliphatic rings. The minimum Gasteiger partial charge on any atom is -0.192 e. The molecule has 1 rings (SSSR count).